The summed E-state index contributed by atoms with van der Waals surface area (Å²) in [7, 11) is 3.81. The molecule has 1 aromatic rings. The van der Waals surface area contributed by atoms with E-state index in [0.717, 1.165) is 5.69 Å². The van der Waals surface area contributed by atoms with E-state index in [0.29, 0.717) is 5.69 Å². The van der Waals surface area contributed by atoms with E-state index in [-0.39, 0.29) is 10.9 Å². The first kappa shape index (κ1) is 11.6. The van der Waals surface area contributed by atoms with Gasteiger partial charge in [0, 0.05) is 14.1 Å². The van der Waals surface area contributed by atoms with Crippen LogP contribution in [0.1, 0.15) is 0 Å². The molecule has 0 saturated carbocycles. The Labute approximate surface area is 94.3 Å². The minimum Gasteiger partial charge on any atom is -0.376 e. The monoisotopic (exact) mass is 224 g/mol. The van der Waals surface area contributed by atoms with Crippen LogP contribution >= 0.6 is 11.6 Å². The number of carbonyl (C=O) groups is 1. The van der Waals surface area contributed by atoms with E-state index in [1.807, 2.05) is 43.3 Å². The normalized spacial score (nSPS) is 9.53. The molecule has 0 fully saturated rings. The van der Waals surface area contributed by atoms with Crippen molar-refractivity contribution in [1.29, 1.82) is 0 Å². The first-order valence-corrected chi connectivity index (χ1v) is 4.82. The fourth-order valence-corrected chi connectivity index (χ4v) is 1.21. The molecule has 0 aliphatic carbocycles. The van der Waals surface area contributed by atoms with Gasteiger partial charge in [-0.3, -0.25) is 4.79 Å². The van der Waals surface area contributed by atoms with E-state index in [9.17, 15) is 4.79 Å². The van der Waals surface area contributed by atoms with Crippen LogP contribution in [0.5, 0.6) is 0 Å². The number of nitrogens with one attached hydrogen (secondary N) is 1. The van der Waals surface area contributed by atoms with Crippen LogP contribution in [-0.4, -0.2) is 20.0 Å². The molecular weight excluding hydrogens is 212 g/mol. The molecule has 0 aromatic heterocycles. The number of rotatable bonds is 3. The second kappa shape index (κ2) is 4.84. The topological polar surface area (TPSA) is 32.3 Å². The molecule has 1 aromatic carbocycles. The molecule has 4 heteroatoms. The van der Waals surface area contributed by atoms with Crippen LogP contribution in [0, 0.1) is 0 Å². The summed E-state index contributed by atoms with van der Waals surface area (Å²) >= 11 is 5.49. The molecule has 0 spiro atoms. The maximum Gasteiger partial charge on any atom is 0.266 e. The molecular formula is C11H13ClN2O. The zero-order valence-corrected chi connectivity index (χ0v) is 9.51. The molecule has 0 unspecified atom stereocenters. The number of para-hydroxylation sites is 2. The Balaban J connectivity index is 2.94. The van der Waals surface area contributed by atoms with E-state index in [4.69, 9.17) is 11.6 Å². The highest BCUT2D eigenvalue weighted by Crippen LogP contribution is 2.23. The van der Waals surface area contributed by atoms with Crippen LogP contribution < -0.4 is 10.2 Å². The largest absolute Gasteiger partial charge is 0.376 e. The Kier molecular flexibility index (Phi) is 3.74. The first-order valence-electron chi connectivity index (χ1n) is 4.44. The van der Waals surface area contributed by atoms with Gasteiger partial charge < -0.3 is 10.2 Å². The van der Waals surface area contributed by atoms with Crippen LogP contribution in [-0.2, 0) is 4.79 Å². The summed E-state index contributed by atoms with van der Waals surface area (Å²) in [5.74, 6) is -0.383. The predicted molar refractivity (Wildman–Crippen MR) is 64.4 cm³/mol. The van der Waals surface area contributed by atoms with Crippen LogP contribution in [0.25, 0.3) is 0 Å². The van der Waals surface area contributed by atoms with Crippen molar-refractivity contribution in [3.05, 3.63) is 35.9 Å². The summed E-state index contributed by atoms with van der Waals surface area (Å²) in [6.45, 7) is 3.37. The summed E-state index contributed by atoms with van der Waals surface area (Å²) in [6.07, 6.45) is 0. The van der Waals surface area contributed by atoms with E-state index in [2.05, 4.69) is 11.9 Å². The van der Waals surface area contributed by atoms with Gasteiger partial charge in [-0.2, -0.15) is 0 Å². The van der Waals surface area contributed by atoms with Crippen LogP contribution in [0.2, 0.25) is 0 Å². The third-order valence-electron chi connectivity index (χ3n) is 1.88. The van der Waals surface area contributed by atoms with Gasteiger partial charge in [-0.25, -0.2) is 0 Å². The number of hydrogen-bond donors (Lipinski definition) is 1. The molecule has 0 heterocycles. The number of nitrogens with zero attached hydrogens (tertiary/aromatic N) is 1. The lowest BCUT2D eigenvalue weighted by molar-refractivity contribution is -0.112. The van der Waals surface area contributed by atoms with Gasteiger partial charge >= 0.3 is 0 Å². The highest BCUT2D eigenvalue weighted by Gasteiger charge is 2.08. The third kappa shape index (κ3) is 2.99. The zero-order valence-electron chi connectivity index (χ0n) is 8.75. The van der Waals surface area contributed by atoms with Gasteiger partial charge in [-0.1, -0.05) is 30.3 Å². The standard InChI is InChI=1S/C11H13ClN2O/c1-8(12)11(15)13-9-6-4-5-7-10(9)14(2)3/h4-7H,1H2,2-3H3,(H,13,15). The molecule has 1 N–H and O–H groups in total. The molecule has 0 saturated heterocycles. The summed E-state index contributed by atoms with van der Waals surface area (Å²) in [6, 6.07) is 7.47. The highest BCUT2D eigenvalue weighted by atomic mass is 35.5. The zero-order chi connectivity index (χ0) is 11.4. The van der Waals surface area contributed by atoms with Gasteiger partial charge in [-0.15, -0.1) is 0 Å². The van der Waals surface area contributed by atoms with Gasteiger partial charge in [0.2, 0.25) is 0 Å². The smallest absolute Gasteiger partial charge is 0.266 e. The minimum atomic E-state index is -0.383. The fourth-order valence-electron chi connectivity index (χ4n) is 1.16. The summed E-state index contributed by atoms with van der Waals surface area (Å²) in [4.78, 5) is 13.2. The Morgan fingerprint density at radius 2 is 2.00 bits per heavy atom. The molecule has 0 aliphatic rings. The van der Waals surface area contributed by atoms with Crippen molar-refractivity contribution < 1.29 is 4.79 Å². The predicted octanol–water partition coefficient (Wildman–Crippen LogP) is 2.44. The number of halogens is 1. The number of amides is 1. The second-order valence-corrected chi connectivity index (χ2v) is 3.73. The van der Waals surface area contributed by atoms with E-state index in [1.165, 1.54) is 0 Å². The van der Waals surface area contributed by atoms with Crippen molar-refractivity contribution in [1.82, 2.24) is 0 Å². The molecule has 0 atom stereocenters. The van der Waals surface area contributed by atoms with Crippen molar-refractivity contribution in [3.63, 3.8) is 0 Å². The number of carbonyl (C=O) groups excluding carboxylic acids is 1. The van der Waals surface area contributed by atoms with Crippen molar-refractivity contribution in [3.8, 4) is 0 Å². The van der Waals surface area contributed by atoms with Crippen LogP contribution in [0.4, 0.5) is 11.4 Å². The minimum absolute atomic E-state index is 0.0245. The van der Waals surface area contributed by atoms with Crippen molar-refractivity contribution in [2.45, 2.75) is 0 Å². The molecule has 80 valence electrons. The van der Waals surface area contributed by atoms with Gasteiger partial charge in [0.1, 0.15) is 0 Å². The van der Waals surface area contributed by atoms with Gasteiger partial charge in [0.15, 0.2) is 0 Å². The van der Waals surface area contributed by atoms with E-state index >= 15 is 0 Å². The Hall–Kier alpha value is -1.48. The summed E-state index contributed by atoms with van der Waals surface area (Å²) in [5, 5.41) is 2.65. The molecule has 0 aliphatic heterocycles. The van der Waals surface area contributed by atoms with Gasteiger partial charge in [0.05, 0.1) is 16.4 Å². The molecule has 0 bridgehead atoms. The molecule has 15 heavy (non-hydrogen) atoms. The number of benzene rings is 1. The Bertz CT molecular complexity index is 388. The Morgan fingerprint density at radius 1 is 1.40 bits per heavy atom. The second-order valence-electron chi connectivity index (χ2n) is 3.27. The molecule has 3 nitrogen and oxygen atoms in total. The van der Waals surface area contributed by atoms with Gasteiger partial charge in [-0.05, 0) is 12.1 Å². The van der Waals surface area contributed by atoms with Crippen LogP contribution in [0.15, 0.2) is 35.9 Å². The van der Waals surface area contributed by atoms with E-state index in [1.54, 1.807) is 0 Å². The SMILES string of the molecule is C=C(Cl)C(=O)Nc1ccccc1N(C)C. The van der Waals surface area contributed by atoms with E-state index < -0.39 is 0 Å². The van der Waals surface area contributed by atoms with Gasteiger partial charge in [0.25, 0.3) is 5.91 Å². The quantitative estimate of drug-likeness (QED) is 0.800. The third-order valence-corrected chi connectivity index (χ3v) is 2.05. The summed E-state index contributed by atoms with van der Waals surface area (Å²) < 4.78 is 0. The Morgan fingerprint density at radius 3 is 2.53 bits per heavy atom. The van der Waals surface area contributed by atoms with Crippen molar-refractivity contribution in [2.75, 3.05) is 24.3 Å². The fraction of sp³-hybridized carbons (Fsp3) is 0.182. The number of hydrogen-bond acceptors (Lipinski definition) is 2. The lowest BCUT2D eigenvalue weighted by Gasteiger charge is -2.17. The number of anilines is 2. The molecule has 1 rings (SSSR count). The van der Waals surface area contributed by atoms with Crippen LogP contribution in [0.3, 0.4) is 0 Å². The van der Waals surface area contributed by atoms with Crippen molar-refractivity contribution in [2.24, 2.45) is 0 Å². The average Bonchev–Trinajstić information content (AvgIpc) is 2.18. The van der Waals surface area contributed by atoms with Crippen molar-refractivity contribution >= 4 is 28.9 Å². The lowest BCUT2D eigenvalue weighted by atomic mass is 10.2. The highest BCUT2D eigenvalue weighted by molar-refractivity contribution is 6.43. The summed E-state index contributed by atoms with van der Waals surface area (Å²) in [5.41, 5.74) is 1.64. The maximum absolute atomic E-state index is 11.3. The average molecular weight is 225 g/mol. The lowest BCUT2D eigenvalue weighted by Crippen LogP contribution is -2.16. The first-order chi connectivity index (χ1) is 7.02. The molecule has 1 amide bonds. The molecule has 0 radical (unpaired) electrons. The maximum atomic E-state index is 11.3.